The quantitative estimate of drug-likeness (QED) is 0.519. The Morgan fingerprint density at radius 3 is 2.74 bits per heavy atom. The van der Waals surface area contributed by atoms with Gasteiger partial charge in [-0.2, -0.15) is 0 Å². The number of hydrogen-bond acceptors (Lipinski definition) is 7. The highest BCUT2D eigenvalue weighted by molar-refractivity contribution is 7.89. The second kappa shape index (κ2) is 11.2. The molecule has 1 fully saturated rings. The topological polar surface area (TPSA) is 106 Å². The van der Waals surface area contributed by atoms with Gasteiger partial charge in [-0.3, -0.25) is 9.69 Å². The lowest BCUT2D eigenvalue weighted by atomic mass is 10.00. The Morgan fingerprint density at radius 1 is 1.15 bits per heavy atom. The number of rotatable bonds is 9. The SMILES string of the molecule is COc1ccc(C(=O)N[C@H]2CCOc3ccccc32)cc1S(=O)(=O)NCCCN1CCOCC1. The third-order valence-electron chi connectivity index (χ3n) is 6.03. The molecule has 2 aromatic carbocycles. The Morgan fingerprint density at radius 2 is 1.94 bits per heavy atom. The Labute approximate surface area is 200 Å². The first-order valence-corrected chi connectivity index (χ1v) is 13.0. The van der Waals surface area contributed by atoms with Gasteiger partial charge in [-0.25, -0.2) is 13.1 Å². The number of nitrogens with zero attached hydrogens (tertiary/aromatic N) is 1. The van der Waals surface area contributed by atoms with Crippen molar-refractivity contribution in [1.29, 1.82) is 0 Å². The summed E-state index contributed by atoms with van der Waals surface area (Å²) in [4.78, 5) is 15.2. The highest BCUT2D eigenvalue weighted by Crippen LogP contribution is 2.32. The van der Waals surface area contributed by atoms with E-state index in [0.717, 1.165) is 30.9 Å². The molecule has 1 saturated heterocycles. The van der Waals surface area contributed by atoms with Gasteiger partial charge in [-0.05, 0) is 37.2 Å². The molecule has 2 N–H and O–H groups in total. The van der Waals surface area contributed by atoms with Gasteiger partial charge in [0.25, 0.3) is 5.91 Å². The second-order valence-electron chi connectivity index (χ2n) is 8.27. The van der Waals surface area contributed by atoms with E-state index in [1.807, 2.05) is 24.3 Å². The normalized spacial score (nSPS) is 18.6. The summed E-state index contributed by atoms with van der Waals surface area (Å²) in [5.74, 6) is 0.583. The van der Waals surface area contributed by atoms with E-state index in [1.54, 1.807) is 6.07 Å². The molecule has 2 aliphatic heterocycles. The summed E-state index contributed by atoms with van der Waals surface area (Å²) in [6.07, 6.45) is 1.31. The van der Waals surface area contributed by atoms with Gasteiger partial charge in [-0.15, -0.1) is 0 Å². The lowest BCUT2D eigenvalue weighted by Gasteiger charge is -2.26. The fourth-order valence-electron chi connectivity index (χ4n) is 4.17. The first-order chi connectivity index (χ1) is 16.5. The standard InChI is InChI=1S/C24H31N3O6S/c1-31-22-8-7-18(24(28)26-20-9-14-33-21-6-3-2-5-19(20)21)17-23(22)34(29,30)25-10-4-11-27-12-15-32-16-13-27/h2-3,5-8,17,20,25H,4,9-16H2,1H3,(H,26,28)/t20-/m0/s1. The average molecular weight is 490 g/mol. The summed E-state index contributed by atoms with van der Waals surface area (Å²) in [6.45, 7) is 4.70. The van der Waals surface area contributed by atoms with E-state index in [2.05, 4.69) is 14.9 Å². The Bertz CT molecular complexity index is 1100. The predicted octanol–water partition coefficient (Wildman–Crippen LogP) is 1.95. The molecule has 0 aliphatic carbocycles. The molecule has 9 nitrogen and oxygen atoms in total. The van der Waals surface area contributed by atoms with Crippen molar-refractivity contribution in [2.24, 2.45) is 0 Å². The number of hydrogen-bond donors (Lipinski definition) is 2. The van der Waals surface area contributed by atoms with Crippen molar-refractivity contribution in [3.05, 3.63) is 53.6 Å². The lowest BCUT2D eigenvalue weighted by Crippen LogP contribution is -2.38. The second-order valence-corrected chi connectivity index (χ2v) is 10.0. The van der Waals surface area contributed by atoms with Crippen molar-refractivity contribution in [3.63, 3.8) is 0 Å². The van der Waals surface area contributed by atoms with Crippen LogP contribution in [0, 0.1) is 0 Å². The van der Waals surface area contributed by atoms with Crippen LogP contribution < -0.4 is 19.5 Å². The zero-order valence-electron chi connectivity index (χ0n) is 19.3. The summed E-state index contributed by atoms with van der Waals surface area (Å²) in [7, 11) is -2.45. The zero-order valence-corrected chi connectivity index (χ0v) is 20.1. The molecule has 0 bridgehead atoms. The minimum atomic E-state index is -3.86. The van der Waals surface area contributed by atoms with Crippen molar-refractivity contribution in [1.82, 2.24) is 14.9 Å². The Balaban J connectivity index is 1.43. The number of sulfonamides is 1. The number of amides is 1. The molecule has 2 heterocycles. The third kappa shape index (κ3) is 5.87. The summed E-state index contributed by atoms with van der Waals surface area (Å²) in [6, 6.07) is 11.8. The molecular weight excluding hydrogens is 458 g/mol. The maximum Gasteiger partial charge on any atom is 0.251 e. The molecule has 1 atom stereocenters. The monoisotopic (exact) mass is 489 g/mol. The number of carbonyl (C=O) groups is 1. The fraction of sp³-hybridized carbons (Fsp3) is 0.458. The van der Waals surface area contributed by atoms with Crippen molar-refractivity contribution in [2.45, 2.75) is 23.8 Å². The molecule has 10 heteroatoms. The highest BCUT2D eigenvalue weighted by atomic mass is 32.2. The van der Waals surface area contributed by atoms with E-state index < -0.39 is 10.0 Å². The van der Waals surface area contributed by atoms with Crippen LogP contribution in [-0.2, 0) is 14.8 Å². The smallest absolute Gasteiger partial charge is 0.251 e. The summed E-state index contributed by atoms with van der Waals surface area (Å²) in [5, 5.41) is 3.01. The first-order valence-electron chi connectivity index (χ1n) is 11.5. The molecule has 184 valence electrons. The van der Waals surface area contributed by atoms with Crippen LogP contribution in [0.15, 0.2) is 47.4 Å². The number of morpholine rings is 1. The minimum Gasteiger partial charge on any atom is -0.495 e. The molecule has 0 aromatic heterocycles. The minimum absolute atomic E-state index is 0.0543. The van der Waals surface area contributed by atoms with Crippen molar-refractivity contribution in [2.75, 3.05) is 53.1 Å². The largest absolute Gasteiger partial charge is 0.495 e. The Kier molecular flexibility index (Phi) is 8.04. The maximum absolute atomic E-state index is 13.0. The summed E-state index contributed by atoms with van der Waals surface area (Å²) in [5.41, 5.74) is 1.16. The molecule has 0 saturated carbocycles. The number of carbonyl (C=O) groups excluding carboxylic acids is 1. The first kappa shape index (κ1) is 24.5. The van der Waals surface area contributed by atoms with Crippen LogP contribution in [0.25, 0.3) is 0 Å². The number of fused-ring (bicyclic) bond motifs is 1. The summed E-state index contributed by atoms with van der Waals surface area (Å²) >= 11 is 0. The van der Waals surface area contributed by atoms with Crippen LogP contribution in [0.2, 0.25) is 0 Å². The van der Waals surface area contributed by atoms with Crippen LogP contribution in [0.4, 0.5) is 0 Å². The molecule has 4 rings (SSSR count). The molecule has 2 aliphatic rings. The maximum atomic E-state index is 13.0. The number of benzene rings is 2. The van der Waals surface area contributed by atoms with Crippen LogP contribution >= 0.6 is 0 Å². The molecule has 1 amide bonds. The molecule has 34 heavy (non-hydrogen) atoms. The predicted molar refractivity (Wildman–Crippen MR) is 127 cm³/mol. The van der Waals surface area contributed by atoms with E-state index in [0.29, 0.717) is 32.7 Å². The number of para-hydroxylation sites is 1. The van der Waals surface area contributed by atoms with Crippen molar-refractivity contribution in [3.8, 4) is 11.5 Å². The highest BCUT2D eigenvalue weighted by Gasteiger charge is 2.25. The lowest BCUT2D eigenvalue weighted by molar-refractivity contribution is 0.0376. The molecule has 2 aromatic rings. The average Bonchev–Trinajstić information content (AvgIpc) is 2.87. The van der Waals surface area contributed by atoms with E-state index >= 15 is 0 Å². The molecule has 0 radical (unpaired) electrons. The van der Waals surface area contributed by atoms with Crippen molar-refractivity contribution >= 4 is 15.9 Å². The molecule has 0 spiro atoms. The van der Waals surface area contributed by atoms with E-state index in [-0.39, 0.29) is 34.7 Å². The van der Waals surface area contributed by atoms with Gasteiger partial charge in [0, 0.05) is 37.2 Å². The van der Waals surface area contributed by atoms with Gasteiger partial charge in [0.2, 0.25) is 10.0 Å². The van der Waals surface area contributed by atoms with Crippen molar-refractivity contribution < 1.29 is 27.4 Å². The third-order valence-corrected chi connectivity index (χ3v) is 7.51. The van der Waals surface area contributed by atoms with Gasteiger partial charge >= 0.3 is 0 Å². The molecular formula is C24H31N3O6S. The van der Waals surface area contributed by atoms with E-state index in [1.165, 1.54) is 19.2 Å². The molecule has 0 unspecified atom stereocenters. The number of methoxy groups -OCH3 is 1. The number of ether oxygens (including phenoxy) is 3. The fourth-order valence-corrected chi connectivity index (χ4v) is 5.44. The van der Waals surface area contributed by atoms with Gasteiger partial charge in [0.05, 0.1) is 33.0 Å². The van der Waals surface area contributed by atoms with E-state index in [9.17, 15) is 13.2 Å². The van der Waals surface area contributed by atoms with Crippen LogP contribution in [0.5, 0.6) is 11.5 Å². The van der Waals surface area contributed by atoms with Gasteiger partial charge < -0.3 is 19.5 Å². The van der Waals surface area contributed by atoms with Gasteiger partial charge in [0.1, 0.15) is 16.4 Å². The van der Waals surface area contributed by atoms with Gasteiger partial charge in [0.15, 0.2) is 0 Å². The Hall–Kier alpha value is -2.66. The number of nitrogens with one attached hydrogen (secondary N) is 2. The van der Waals surface area contributed by atoms with Crippen LogP contribution in [0.3, 0.4) is 0 Å². The zero-order chi connectivity index (χ0) is 24.0. The van der Waals surface area contributed by atoms with E-state index in [4.69, 9.17) is 14.2 Å². The van der Waals surface area contributed by atoms with Crippen LogP contribution in [0.1, 0.15) is 34.8 Å². The summed E-state index contributed by atoms with van der Waals surface area (Å²) < 4.78 is 44.9. The van der Waals surface area contributed by atoms with Crippen LogP contribution in [-0.4, -0.2) is 72.3 Å². The van der Waals surface area contributed by atoms with Gasteiger partial charge in [-0.1, -0.05) is 18.2 Å².